The molecule has 0 unspecified atom stereocenters. The van der Waals surface area contributed by atoms with Crippen LogP contribution >= 0.6 is 0 Å². The van der Waals surface area contributed by atoms with Crippen molar-refractivity contribution in [3.05, 3.63) is 78.4 Å². The van der Waals surface area contributed by atoms with E-state index in [2.05, 4.69) is 6.07 Å². The molecule has 0 N–H and O–H groups in total. The van der Waals surface area contributed by atoms with Crippen LogP contribution in [0.4, 0.5) is 5.69 Å². The molecule has 0 saturated carbocycles. The first-order valence-electron chi connectivity index (χ1n) is 8.97. The van der Waals surface area contributed by atoms with Gasteiger partial charge in [-0.3, -0.25) is 9.69 Å². The van der Waals surface area contributed by atoms with Crippen molar-refractivity contribution in [3.63, 3.8) is 0 Å². The van der Waals surface area contributed by atoms with Crippen LogP contribution in [0.25, 0.3) is 11.1 Å². The van der Waals surface area contributed by atoms with Gasteiger partial charge in [-0.2, -0.15) is 5.26 Å². The Morgan fingerprint density at radius 2 is 1.66 bits per heavy atom. The van der Waals surface area contributed by atoms with Crippen molar-refractivity contribution < 1.29 is 19.1 Å². The standard InChI is InChI=1S/C23H16N2O4/c24-13-16-5-7-17(8-6-16)18-9-11-19(12-10-18)29-23(27)14-25-20-3-1-2-4-21(20)28-15-22(25)26/h1-12H,14-15H2. The highest BCUT2D eigenvalue weighted by Crippen LogP contribution is 2.31. The van der Waals surface area contributed by atoms with Crippen LogP contribution in [-0.2, 0) is 9.59 Å². The van der Waals surface area contributed by atoms with Crippen molar-refractivity contribution in [1.82, 2.24) is 0 Å². The molecule has 0 radical (unpaired) electrons. The fourth-order valence-electron chi connectivity index (χ4n) is 3.07. The van der Waals surface area contributed by atoms with Crippen molar-refractivity contribution in [3.8, 4) is 28.7 Å². The summed E-state index contributed by atoms with van der Waals surface area (Å²) in [4.78, 5) is 25.9. The lowest BCUT2D eigenvalue weighted by Gasteiger charge is -2.28. The summed E-state index contributed by atoms with van der Waals surface area (Å²) < 4.78 is 10.8. The van der Waals surface area contributed by atoms with Gasteiger partial charge in [0.25, 0.3) is 5.91 Å². The minimum atomic E-state index is -0.541. The molecule has 0 saturated heterocycles. The van der Waals surface area contributed by atoms with Gasteiger partial charge in [0.2, 0.25) is 0 Å². The Balaban J connectivity index is 1.44. The van der Waals surface area contributed by atoms with Crippen molar-refractivity contribution in [1.29, 1.82) is 5.26 Å². The second kappa shape index (κ2) is 7.87. The van der Waals surface area contributed by atoms with E-state index in [4.69, 9.17) is 14.7 Å². The molecular weight excluding hydrogens is 368 g/mol. The first-order chi connectivity index (χ1) is 14.1. The second-order valence-corrected chi connectivity index (χ2v) is 6.42. The van der Waals surface area contributed by atoms with Crippen molar-refractivity contribution in [2.45, 2.75) is 0 Å². The van der Waals surface area contributed by atoms with Crippen LogP contribution in [0.15, 0.2) is 72.8 Å². The van der Waals surface area contributed by atoms with E-state index < -0.39 is 5.97 Å². The average Bonchev–Trinajstić information content (AvgIpc) is 2.76. The van der Waals surface area contributed by atoms with Crippen LogP contribution in [0.1, 0.15) is 5.56 Å². The maximum Gasteiger partial charge on any atom is 0.331 e. The number of para-hydroxylation sites is 2. The molecule has 4 rings (SSSR count). The Bertz CT molecular complexity index is 1100. The molecule has 3 aromatic carbocycles. The zero-order valence-electron chi connectivity index (χ0n) is 15.4. The summed E-state index contributed by atoms with van der Waals surface area (Å²) >= 11 is 0. The number of benzene rings is 3. The Kier molecular flexibility index (Phi) is 4.95. The summed E-state index contributed by atoms with van der Waals surface area (Å²) in [5.74, 6) is 0.117. The molecule has 0 atom stereocenters. The van der Waals surface area contributed by atoms with Gasteiger partial charge in [0.05, 0.1) is 17.3 Å². The first-order valence-corrected chi connectivity index (χ1v) is 8.97. The molecule has 29 heavy (non-hydrogen) atoms. The van der Waals surface area contributed by atoms with E-state index >= 15 is 0 Å². The number of amides is 1. The number of hydrogen-bond acceptors (Lipinski definition) is 5. The minimum Gasteiger partial charge on any atom is -0.482 e. The summed E-state index contributed by atoms with van der Waals surface area (Å²) in [6, 6.07) is 23.4. The van der Waals surface area contributed by atoms with E-state index in [1.54, 1.807) is 48.5 Å². The molecule has 0 fully saturated rings. The normalized spacial score (nSPS) is 12.5. The third-order valence-electron chi connectivity index (χ3n) is 4.53. The lowest BCUT2D eigenvalue weighted by atomic mass is 10.0. The summed E-state index contributed by atoms with van der Waals surface area (Å²) in [6.07, 6.45) is 0. The largest absolute Gasteiger partial charge is 0.482 e. The average molecular weight is 384 g/mol. The summed E-state index contributed by atoms with van der Waals surface area (Å²) in [5, 5.41) is 8.88. The molecule has 6 nitrogen and oxygen atoms in total. The van der Waals surface area contributed by atoms with E-state index in [1.807, 2.05) is 24.3 Å². The molecule has 1 aliphatic heterocycles. The molecule has 0 bridgehead atoms. The SMILES string of the molecule is N#Cc1ccc(-c2ccc(OC(=O)CN3C(=O)COc4ccccc43)cc2)cc1. The van der Waals surface area contributed by atoms with Gasteiger partial charge >= 0.3 is 5.97 Å². The van der Waals surface area contributed by atoms with Crippen LogP contribution in [0, 0.1) is 11.3 Å². The maximum absolute atomic E-state index is 12.4. The number of rotatable bonds is 4. The number of carbonyl (C=O) groups excluding carboxylic acids is 2. The number of nitriles is 1. The van der Waals surface area contributed by atoms with Gasteiger partial charge in [-0.15, -0.1) is 0 Å². The van der Waals surface area contributed by atoms with Gasteiger partial charge in [0.15, 0.2) is 6.61 Å². The predicted molar refractivity (Wildman–Crippen MR) is 107 cm³/mol. The smallest absolute Gasteiger partial charge is 0.331 e. The van der Waals surface area contributed by atoms with E-state index in [0.29, 0.717) is 22.7 Å². The molecule has 3 aromatic rings. The Labute approximate surface area is 167 Å². The first kappa shape index (κ1) is 18.3. The summed E-state index contributed by atoms with van der Waals surface area (Å²) in [7, 11) is 0. The number of esters is 1. The molecule has 1 aliphatic rings. The fraction of sp³-hybridized carbons (Fsp3) is 0.0870. The zero-order valence-corrected chi connectivity index (χ0v) is 15.4. The predicted octanol–water partition coefficient (Wildman–Crippen LogP) is 3.56. The molecular formula is C23H16N2O4. The highest BCUT2D eigenvalue weighted by molar-refractivity contribution is 6.01. The molecule has 1 amide bonds. The van der Waals surface area contributed by atoms with Crippen LogP contribution in [0.2, 0.25) is 0 Å². The van der Waals surface area contributed by atoms with E-state index in [-0.39, 0.29) is 19.1 Å². The summed E-state index contributed by atoms with van der Waals surface area (Å²) in [6.45, 7) is -0.305. The maximum atomic E-state index is 12.4. The number of nitrogens with zero attached hydrogens (tertiary/aromatic N) is 2. The zero-order chi connectivity index (χ0) is 20.2. The van der Waals surface area contributed by atoms with Crippen LogP contribution < -0.4 is 14.4 Å². The number of ether oxygens (including phenoxy) is 2. The Morgan fingerprint density at radius 1 is 1.00 bits per heavy atom. The molecule has 0 aromatic heterocycles. The monoisotopic (exact) mass is 384 g/mol. The van der Waals surface area contributed by atoms with Crippen molar-refractivity contribution in [2.24, 2.45) is 0 Å². The minimum absolute atomic E-state index is 0.108. The molecule has 0 spiro atoms. The number of carbonyl (C=O) groups is 2. The number of anilines is 1. The van der Waals surface area contributed by atoms with Crippen LogP contribution in [0.5, 0.6) is 11.5 Å². The van der Waals surface area contributed by atoms with Gasteiger partial charge < -0.3 is 9.47 Å². The molecule has 142 valence electrons. The van der Waals surface area contributed by atoms with Gasteiger partial charge in [-0.05, 0) is 47.5 Å². The molecule has 6 heteroatoms. The third-order valence-corrected chi connectivity index (χ3v) is 4.53. The second-order valence-electron chi connectivity index (χ2n) is 6.42. The van der Waals surface area contributed by atoms with E-state index in [0.717, 1.165) is 11.1 Å². The number of fused-ring (bicyclic) bond motifs is 1. The molecule has 1 heterocycles. The quantitative estimate of drug-likeness (QED) is 0.508. The lowest BCUT2D eigenvalue weighted by molar-refractivity contribution is -0.134. The Morgan fingerprint density at radius 3 is 2.34 bits per heavy atom. The third kappa shape index (κ3) is 3.94. The molecule has 0 aliphatic carbocycles. The van der Waals surface area contributed by atoms with E-state index in [9.17, 15) is 9.59 Å². The topological polar surface area (TPSA) is 79.6 Å². The van der Waals surface area contributed by atoms with Crippen LogP contribution in [0.3, 0.4) is 0 Å². The van der Waals surface area contributed by atoms with Crippen molar-refractivity contribution >= 4 is 17.6 Å². The van der Waals surface area contributed by atoms with Crippen molar-refractivity contribution in [2.75, 3.05) is 18.1 Å². The lowest BCUT2D eigenvalue weighted by Crippen LogP contribution is -2.43. The highest BCUT2D eigenvalue weighted by atomic mass is 16.5. The van der Waals surface area contributed by atoms with Gasteiger partial charge in [0, 0.05) is 0 Å². The highest BCUT2D eigenvalue weighted by Gasteiger charge is 2.27. The number of hydrogen-bond donors (Lipinski definition) is 0. The van der Waals surface area contributed by atoms with Crippen LogP contribution in [-0.4, -0.2) is 25.0 Å². The van der Waals surface area contributed by atoms with Gasteiger partial charge in [0.1, 0.15) is 18.0 Å². The van der Waals surface area contributed by atoms with E-state index in [1.165, 1.54) is 4.90 Å². The fourth-order valence-corrected chi connectivity index (χ4v) is 3.07. The Hall–Kier alpha value is -4.11. The van der Waals surface area contributed by atoms with Gasteiger partial charge in [-0.25, -0.2) is 4.79 Å². The summed E-state index contributed by atoms with van der Waals surface area (Å²) in [5.41, 5.74) is 3.04. The van der Waals surface area contributed by atoms with Gasteiger partial charge in [-0.1, -0.05) is 36.4 Å².